The number of carboxylic acids is 1. The second-order valence-corrected chi connectivity index (χ2v) is 6.74. The van der Waals surface area contributed by atoms with Gasteiger partial charge >= 0.3 is 5.97 Å². The Morgan fingerprint density at radius 1 is 0.885 bits per heavy atom. The molecule has 4 nitrogen and oxygen atoms in total. The van der Waals surface area contributed by atoms with Crippen LogP contribution in [0.25, 0.3) is 0 Å². The normalized spacial score (nSPS) is 14.5. The summed E-state index contributed by atoms with van der Waals surface area (Å²) in [7, 11) is 0. The fourth-order valence-corrected chi connectivity index (χ4v) is 2.60. The number of hydrogen-bond donors (Lipinski definition) is 2. The smallest absolute Gasteiger partial charge is 0.303 e. The highest BCUT2D eigenvalue weighted by Gasteiger charge is 1.95. The zero-order valence-electron chi connectivity index (χ0n) is 16.9. The third-order valence-corrected chi connectivity index (χ3v) is 4.19. The fourth-order valence-electron chi connectivity index (χ4n) is 2.60. The highest BCUT2D eigenvalue weighted by molar-refractivity contribution is 5.66. The molecule has 1 heterocycles. The predicted molar refractivity (Wildman–Crippen MR) is 111 cm³/mol. The van der Waals surface area contributed by atoms with Gasteiger partial charge in [-0.3, -0.25) is 4.79 Å². The van der Waals surface area contributed by atoms with Crippen LogP contribution >= 0.6 is 0 Å². The number of unbranched alkanes of at least 4 members (excludes halogenated alkanes) is 8. The van der Waals surface area contributed by atoms with E-state index in [2.05, 4.69) is 36.5 Å². The molecular formula is C22H41NO3. The standard InChI is InChI=1S/C18H32O2.C4H9NO/c1-2-3-4-5-6-7-8-9-10-11-12-13-14-15-16-17-18(19)20;1-3-6-4-2-5-1/h6-7,9-10H,2-5,8,11-17H2,1H3,(H,19,20);5H,1-4H2/b7-6-,10-9-;. The highest BCUT2D eigenvalue weighted by atomic mass is 16.5. The first-order valence-corrected chi connectivity index (χ1v) is 10.6. The van der Waals surface area contributed by atoms with Crippen LogP contribution < -0.4 is 5.32 Å². The maximum absolute atomic E-state index is 10.3. The van der Waals surface area contributed by atoms with Crippen LogP contribution in [-0.2, 0) is 9.53 Å². The van der Waals surface area contributed by atoms with Gasteiger partial charge in [0, 0.05) is 19.5 Å². The molecule has 1 saturated heterocycles. The topological polar surface area (TPSA) is 58.6 Å². The molecule has 0 aromatic rings. The summed E-state index contributed by atoms with van der Waals surface area (Å²) in [6, 6.07) is 0. The van der Waals surface area contributed by atoms with Gasteiger partial charge in [0.05, 0.1) is 13.2 Å². The first-order chi connectivity index (χ1) is 12.8. The molecule has 0 aromatic carbocycles. The van der Waals surface area contributed by atoms with Crippen LogP contribution in [0, 0.1) is 0 Å². The first kappa shape index (κ1) is 24.9. The third-order valence-electron chi connectivity index (χ3n) is 4.19. The molecule has 1 aliphatic rings. The zero-order chi connectivity index (χ0) is 19.1. The second kappa shape index (κ2) is 21.9. The molecule has 1 fully saturated rings. The van der Waals surface area contributed by atoms with Gasteiger partial charge in [0.1, 0.15) is 0 Å². The number of ether oxygens (including phenoxy) is 1. The molecule has 0 unspecified atom stereocenters. The van der Waals surface area contributed by atoms with Crippen LogP contribution in [0.2, 0.25) is 0 Å². The predicted octanol–water partition coefficient (Wildman–Crippen LogP) is 5.49. The van der Waals surface area contributed by atoms with Crippen molar-refractivity contribution in [1.29, 1.82) is 0 Å². The van der Waals surface area contributed by atoms with E-state index in [0.29, 0.717) is 6.42 Å². The lowest BCUT2D eigenvalue weighted by atomic mass is 10.1. The maximum Gasteiger partial charge on any atom is 0.303 e. The van der Waals surface area contributed by atoms with E-state index in [4.69, 9.17) is 9.84 Å². The van der Waals surface area contributed by atoms with Crippen molar-refractivity contribution in [2.24, 2.45) is 0 Å². The van der Waals surface area contributed by atoms with Crippen LogP contribution in [-0.4, -0.2) is 37.4 Å². The summed E-state index contributed by atoms with van der Waals surface area (Å²) in [4.78, 5) is 10.3. The largest absolute Gasteiger partial charge is 0.481 e. The van der Waals surface area contributed by atoms with E-state index in [1.807, 2.05) is 0 Å². The summed E-state index contributed by atoms with van der Waals surface area (Å²) in [6.07, 6.45) is 22.3. The lowest BCUT2D eigenvalue weighted by Gasteiger charge is -2.10. The number of nitrogens with one attached hydrogen (secondary N) is 1. The van der Waals surface area contributed by atoms with E-state index in [1.54, 1.807) is 0 Å². The number of hydrogen-bond acceptors (Lipinski definition) is 3. The van der Waals surface area contributed by atoms with Crippen molar-refractivity contribution in [3.05, 3.63) is 24.3 Å². The average Bonchev–Trinajstić information content (AvgIpc) is 2.66. The molecule has 26 heavy (non-hydrogen) atoms. The average molecular weight is 368 g/mol. The number of carbonyl (C=O) groups is 1. The molecule has 0 amide bonds. The molecule has 0 saturated carbocycles. The summed E-state index contributed by atoms with van der Waals surface area (Å²) < 4.78 is 5.01. The van der Waals surface area contributed by atoms with Crippen LogP contribution in [0.4, 0.5) is 0 Å². The lowest BCUT2D eigenvalue weighted by Crippen LogP contribution is -2.30. The molecule has 2 N–H and O–H groups in total. The van der Waals surface area contributed by atoms with Crippen molar-refractivity contribution in [3.63, 3.8) is 0 Å². The van der Waals surface area contributed by atoms with Crippen molar-refractivity contribution in [3.8, 4) is 0 Å². The molecule has 4 heteroatoms. The van der Waals surface area contributed by atoms with Crippen molar-refractivity contribution in [2.75, 3.05) is 26.3 Å². The molecule has 152 valence electrons. The highest BCUT2D eigenvalue weighted by Crippen LogP contribution is 2.08. The van der Waals surface area contributed by atoms with Crippen molar-refractivity contribution < 1.29 is 14.6 Å². The van der Waals surface area contributed by atoms with Gasteiger partial charge in [0.15, 0.2) is 0 Å². The summed E-state index contributed by atoms with van der Waals surface area (Å²) in [5.41, 5.74) is 0. The lowest BCUT2D eigenvalue weighted by molar-refractivity contribution is -0.137. The van der Waals surface area contributed by atoms with E-state index in [9.17, 15) is 4.79 Å². The third kappa shape index (κ3) is 22.9. The summed E-state index contributed by atoms with van der Waals surface area (Å²) in [6.45, 7) is 6.07. The molecule has 0 bridgehead atoms. The number of carboxylic acid groups (broad SMARTS) is 1. The van der Waals surface area contributed by atoms with Crippen LogP contribution in [0.3, 0.4) is 0 Å². The minimum atomic E-state index is -0.671. The Balaban J connectivity index is 0.000000867. The van der Waals surface area contributed by atoms with Crippen molar-refractivity contribution >= 4 is 5.97 Å². The summed E-state index contributed by atoms with van der Waals surface area (Å²) in [5, 5.41) is 11.7. The molecule has 1 aliphatic heterocycles. The van der Waals surface area contributed by atoms with Gasteiger partial charge in [0.25, 0.3) is 0 Å². The molecule has 0 radical (unpaired) electrons. The van der Waals surface area contributed by atoms with E-state index in [-0.39, 0.29) is 0 Å². The van der Waals surface area contributed by atoms with Crippen LogP contribution in [0.1, 0.15) is 84.0 Å². The zero-order valence-corrected chi connectivity index (χ0v) is 16.9. The van der Waals surface area contributed by atoms with Crippen LogP contribution in [0.15, 0.2) is 24.3 Å². The van der Waals surface area contributed by atoms with Crippen molar-refractivity contribution in [1.82, 2.24) is 5.32 Å². The van der Waals surface area contributed by atoms with Crippen molar-refractivity contribution in [2.45, 2.75) is 84.0 Å². The number of aliphatic carboxylic acids is 1. The van der Waals surface area contributed by atoms with Gasteiger partial charge in [-0.1, -0.05) is 63.3 Å². The van der Waals surface area contributed by atoms with Gasteiger partial charge in [0.2, 0.25) is 0 Å². The second-order valence-electron chi connectivity index (χ2n) is 6.74. The Morgan fingerprint density at radius 3 is 1.96 bits per heavy atom. The minimum absolute atomic E-state index is 0.324. The summed E-state index contributed by atoms with van der Waals surface area (Å²) in [5.74, 6) is -0.671. The maximum atomic E-state index is 10.3. The van der Waals surface area contributed by atoms with Gasteiger partial charge in [-0.25, -0.2) is 0 Å². The van der Waals surface area contributed by atoms with Gasteiger partial charge in [-0.05, 0) is 38.5 Å². The Bertz CT molecular complexity index is 338. The van der Waals surface area contributed by atoms with E-state index >= 15 is 0 Å². The Labute approximate surface area is 161 Å². The Hall–Kier alpha value is -1.13. The molecule has 0 aliphatic carbocycles. The molecule has 0 atom stereocenters. The molecule has 1 rings (SSSR count). The van der Waals surface area contributed by atoms with Crippen LogP contribution in [0.5, 0.6) is 0 Å². The van der Waals surface area contributed by atoms with Gasteiger partial charge in [-0.15, -0.1) is 0 Å². The molecule has 0 aromatic heterocycles. The molecule has 0 spiro atoms. The Morgan fingerprint density at radius 2 is 1.46 bits per heavy atom. The number of rotatable bonds is 14. The number of morpholine rings is 1. The Kier molecular flexibility index (Phi) is 21.0. The molecular weight excluding hydrogens is 326 g/mol. The van der Waals surface area contributed by atoms with Gasteiger partial charge < -0.3 is 15.2 Å². The SMILES string of the molecule is C1COCCN1.CCCCC/C=C\C/C=C\CCCCCCCC(=O)O. The summed E-state index contributed by atoms with van der Waals surface area (Å²) >= 11 is 0. The quantitative estimate of drug-likeness (QED) is 0.315. The monoisotopic (exact) mass is 367 g/mol. The number of allylic oxidation sites excluding steroid dienone is 4. The minimum Gasteiger partial charge on any atom is -0.481 e. The van der Waals surface area contributed by atoms with Gasteiger partial charge in [-0.2, -0.15) is 0 Å². The van der Waals surface area contributed by atoms with E-state index < -0.39 is 5.97 Å². The van der Waals surface area contributed by atoms with E-state index in [1.165, 1.54) is 44.9 Å². The fraction of sp³-hybridized carbons (Fsp3) is 0.773. The van der Waals surface area contributed by atoms with E-state index in [0.717, 1.165) is 52.0 Å². The first-order valence-electron chi connectivity index (χ1n) is 10.6.